The van der Waals surface area contributed by atoms with Gasteiger partial charge in [-0.25, -0.2) is 0 Å². The minimum absolute atomic E-state index is 0.0201. The average Bonchev–Trinajstić information content (AvgIpc) is 2.63. The summed E-state index contributed by atoms with van der Waals surface area (Å²) >= 11 is 0. The van der Waals surface area contributed by atoms with Crippen LogP contribution in [-0.4, -0.2) is 12.0 Å². The van der Waals surface area contributed by atoms with Gasteiger partial charge in [0.05, 0.1) is 17.7 Å². The molecule has 0 heterocycles. The van der Waals surface area contributed by atoms with Gasteiger partial charge < -0.3 is 10.1 Å². The first-order valence-electron chi connectivity index (χ1n) is 7.43. The standard InChI is InChI=1S/C19H16N2O3/c1-24-19-13-15(14-7-3-2-4-8-14)11-12-17(19)20-16-9-5-6-10-18(16)21(22)23/h2-13,20H,1H3. The summed E-state index contributed by atoms with van der Waals surface area (Å²) in [5.74, 6) is 0.620. The Morgan fingerprint density at radius 1 is 0.875 bits per heavy atom. The van der Waals surface area contributed by atoms with Gasteiger partial charge in [-0.1, -0.05) is 48.5 Å². The molecule has 0 fully saturated rings. The van der Waals surface area contributed by atoms with Crippen LogP contribution in [0.5, 0.6) is 5.75 Å². The van der Waals surface area contributed by atoms with Crippen LogP contribution in [0.1, 0.15) is 0 Å². The number of para-hydroxylation sites is 2. The van der Waals surface area contributed by atoms with E-state index in [1.165, 1.54) is 6.07 Å². The van der Waals surface area contributed by atoms with Gasteiger partial charge in [0.1, 0.15) is 11.4 Å². The number of benzene rings is 3. The van der Waals surface area contributed by atoms with Crippen LogP contribution in [0.15, 0.2) is 72.8 Å². The first kappa shape index (κ1) is 15.6. The number of hydrogen-bond donors (Lipinski definition) is 1. The third kappa shape index (κ3) is 3.20. The van der Waals surface area contributed by atoms with E-state index in [1.807, 2.05) is 48.5 Å². The predicted octanol–water partition coefficient (Wildman–Crippen LogP) is 5.01. The number of anilines is 2. The molecule has 0 bridgehead atoms. The molecule has 0 aliphatic rings. The van der Waals surface area contributed by atoms with Gasteiger partial charge in [0.2, 0.25) is 0 Å². The highest BCUT2D eigenvalue weighted by atomic mass is 16.6. The molecule has 120 valence electrons. The molecule has 0 aliphatic carbocycles. The lowest BCUT2D eigenvalue weighted by Gasteiger charge is -2.13. The van der Waals surface area contributed by atoms with Gasteiger partial charge in [-0.15, -0.1) is 0 Å². The van der Waals surface area contributed by atoms with Crippen LogP contribution in [0.4, 0.5) is 17.1 Å². The SMILES string of the molecule is COc1cc(-c2ccccc2)ccc1Nc1ccccc1[N+](=O)[O-]. The topological polar surface area (TPSA) is 64.4 Å². The van der Waals surface area contributed by atoms with E-state index in [1.54, 1.807) is 25.3 Å². The molecule has 3 rings (SSSR count). The molecule has 0 aliphatic heterocycles. The molecule has 5 heteroatoms. The summed E-state index contributed by atoms with van der Waals surface area (Å²) in [6.45, 7) is 0. The molecule has 3 aromatic carbocycles. The molecule has 5 nitrogen and oxygen atoms in total. The van der Waals surface area contributed by atoms with Crippen molar-refractivity contribution in [2.75, 3.05) is 12.4 Å². The summed E-state index contributed by atoms with van der Waals surface area (Å²) in [4.78, 5) is 10.7. The molecule has 3 aromatic rings. The Morgan fingerprint density at radius 3 is 2.29 bits per heavy atom. The van der Waals surface area contributed by atoms with Crippen molar-refractivity contribution in [1.82, 2.24) is 0 Å². The largest absolute Gasteiger partial charge is 0.495 e. The normalized spacial score (nSPS) is 10.2. The highest BCUT2D eigenvalue weighted by molar-refractivity contribution is 5.76. The molecule has 0 unspecified atom stereocenters. The van der Waals surface area contributed by atoms with E-state index in [9.17, 15) is 10.1 Å². The van der Waals surface area contributed by atoms with Gasteiger partial charge in [-0.2, -0.15) is 0 Å². The summed E-state index contributed by atoms with van der Waals surface area (Å²) < 4.78 is 5.45. The fourth-order valence-corrected chi connectivity index (χ4v) is 2.49. The van der Waals surface area contributed by atoms with Gasteiger partial charge in [-0.05, 0) is 29.3 Å². The maximum atomic E-state index is 11.1. The summed E-state index contributed by atoms with van der Waals surface area (Å²) in [6, 6.07) is 22.2. The van der Waals surface area contributed by atoms with Crippen LogP contribution in [0.3, 0.4) is 0 Å². The van der Waals surface area contributed by atoms with E-state index in [4.69, 9.17) is 4.74 Å². The molecule has 0 aromatic heterocycles. The average molecular weight is 320 g/mol. The van der Waals surface area contributed by atoms with Crippen LogP contribution in [-0.2, 0) is 0 Å². The molecule has 0 saturated carbocycles. The fourth-order valence-electron chi connectivity index (χ4n) is 2.49. The van der Waals surface area contributed by atoms with E-state index in [-0.39, 0.29) is 5.69 Å². The number of nitrogens with zero attached hydrogens (tertiary/aromatic N) is 1. The Bertz CT molecular complexity index is 863. The van der Waals surface area contributed by atoms with Crippen molar-refractivity contribution in [3.63, 3.8) is 0 Å². The number of methoxy groups -OCH3 is 1. The Labute approximate surface area is 139 Å². The predicted molar refractivity (Wildman–Crippen MR) is 94.8 cm³/mol. The number of rotatable bonds is 5. The molecule has 1 N–H and O–H groups in total. The first-order chi connectivity index (χ1) is 11.7. The molecular formula is C19H16N2O3. The van der Waals surface area contributed by atoms with Gasteiger partial charge in [0.15, 0.2) is 0 Å². The molecule has 0 spiro atoms. The lowest BCUT2D eigenvalue weighted by molar-refractivity contribution is -0.383. The van der Waals surface area contributed by atoms with Crippen molar-refractivity contribution in [2.45, 2.75) is 0 Å². The zero-order valence-corrected chi connectivity index (χ0v) is 13.1. The Kier molecular flexibility index (Phi) is 4.43. The third-order valence-electron chi connectivity index (χ3n) is 3.68. The fraction of sp³-hybridized carbons (Fsp3) is 0.0526. The second-order valence-corrected chi connectivity index (χ2v) is 5.18. The maximum absolute atomic E-state index is 11.1. The lowest BCUT2D eigenvalue weighted by atomic mass is 10.0. The number of hydrogen-bond acceptors (Lipinski definition) is 4. The Morgan fingerprint density at radius 2 is 1.58 bits per heavy atom. The van der Waals surface area contributed by atoms with Gasteiger partial charge in [0, 0.05) is 6.07 Å². The van der Waals surface area contributed by atoms with Crippen molar-refractivity contribution in [3.05, 3.63) is 82.9 Å². The molecular weight excluding hydrogens is 304 g/mol. The van der Waals surface area contributed by atoms with Crippen molar-refractivity contribution < 1.29 is 9.66 Å². The lowest BCUT2D eigenvalue weighted by Crippen LogP contribution is -1.99. The van der Waals surface area contributed by atoms with E-state index in [2.05, 4.69) is 5.32 Å². The molecule has 24 heavy (non-hydrogen) atoms. The van der Waals surface area contributed by atoms with Crippen LogP contribution in [0.25, 0.3) is 11.1 Å². The zero-order chi connectivity index (χ0) is 16.9. The second-order valence-electron chi connectivity index (χ2n) is 5.18. The summed E-state index contributed by atoms with van der Waals surface area (Å²) in [5.41, 5.74) is 3.21. The quantitative estimate of drug-likeness (QED) is 0.530. The summed E-state index contributed by atoms with van der Waals surface area (Å²) in [7, 11) is 1.58. The van der Waals surface area contributed by atoms with Crippen molar-refractivity contribution in [1.29, 1.82) is 0 Å². The maximum Gasteiger partial charge on any atom is 0.292 e. The number of ether oxygens (including phenoxy) is 1. The Balaban J connectivity index is 1.96. The minimum atomic E-state index is -0.410. The van der Waals surface area contributed by atoms with Crippen molar-refractivity contribution in [3.8, 4) is 16.9 Å². The third-order valence-corrected chi connectivity index (χ3v) is 3.68. The molecule has 0 radical (unpaired) electrons. The Hall–Kier alpha value is -3.34. The summed E-state index contributed by atoms with van der Waals surface area (Å²) in [5, 5.41) is 14.2. The van der Waals surface area contributed by atoms with Crippen molar-refractivity contribution in [2.24, 2.45) is 0 Å². The van der Waals surface area contributed by atoms with E-state index < -0.39 is 4.92 Å². The van der Waals surface area contributed by atoms with Gasteiger partial charge >= 0.3 is 0 Å². The van der Waals surface area contributed by atoms with Crippen LogP contribution < -0.4 is 10.1 Å². The van der Waals surface area contributed by atoms with Crippen LogP contribution in [0.2, 0.25) is 0 Å². The molecule has 0 atom stereocenters. The highest BCUT2D eigenvalue weighted by Gasteiger charge is 2.14. The van der Waals surface area contributed by atoms with E-state index in [0.717, 1.165) is 11.1 Å². The van der Waals surface area contributed by atoms with Gasteiger partial charge in [-0.3, -0.25) is 10.1 Å². The van der Waals surface area contributed by atoms with Crippen molar-refractivity contribution >= 4 is 17.1 Å². The monoisotopic (exact) mass is 320 g/mol. The van der Waals surface area contributed by atoms with Crippen LogP contribution in [0, 0.1) is 10.1 Å². The minimum Gasteiger partial charge on any atom is -0.495 e. The zero-order valence-electron chi connectivity index (χ0n) is 13.1. The molecule has 0 amide bonds. The first-order valence-corrected chi connectivity index (χ1v) is 7.43. The highest BCUT2D eigenvalue weighted by Crippen LogP contribution is 2.35. The second kappa shape index (κ2) is 6.83. The summed E-state index contributed by atoms with van der Waals surface area (Å²) in [6.07, 6.45) is 0. The van der Waals surface area contributed by atoms with Crippen LogP contribution >= 0.6 is 0 Å². The number of nitro groups is 1. The smallest absolute Gasteiger partial charge is 0.292 e. The van der Waals surface area contributed by atoms with E-state index in [0.29, 0.717) is 17.1 Å². The van der Waals surface area contributed by atoms with E-state index >= 15 is 0 Å². The molecule has 0 saturated heterocycles. The number of nitrogens with one attached hydrogen (secondary N) is 1. The number of nitro benzene ring substituents is 1. The van der Waals surface area contributed by atoms with Gasteiger partial charge in [0.25, 0.3) is 5.69 Å².